The van der Waals surface area contributed by atoms with E-state index in [0.29, 0.717) is 25.2 Å². The molecule has 0 unspecified atom stereocenters. The lowest BCUT2D eigenvalue weighted by Crippen LogP contribution is -2.58. The van der Waals surface area contributed by atoms with Crippen molar-refractivity contribution in [3.8, 4) is 0 Å². The number of aromatic nitrogens is 3. The van der Waals surface area contributed by atoms with Gasteiger partial charge in [-0.15, -0.1) is 10.2 Å². The highest BCUT2D eigenvalue weighted by molar-refractivity contribution is 6.31. The van der Waals surface area contributed by atoms with Gasteiger partial charge in [0.05, 0.1) is 22.8 Å². The summed E-state index contributed by atoms with van der Waals surface area (Å²) in [7, 11) is 0. The molecule has 2 N–H and O–H groups in total. The lowest BCUT2D eigenvalue weighted by molar-refractivity contribution is -0.0796. The zero-order valence-electron chi connectivity index (χ0n) is 18.7. The van der Waals surface area contributed by atoms with Crippen LogP contribution < -0.4 is 5.32 Å². The summed E-state index contributed by atoms with van der Waals surface area (Å²) in [6.07, 6.45) is 0.109. The fourth-order valence-corrected chi connectivity index (χ4v) is 5.18. The third kappa shape index (κ3) is 4.00. The number of likely N-dealkylation sites (tertiary alicyclic amines) is 1. The van der Waals surface area contributed by atoms with E-state index in [0.717, 1.165) is 5.56 Å². The van der Waals surface area contributed by atoms with Gasteiger partial charge in [-0.3, -0.25) is 10.1 Å². The van der Waals surface area contributed by atoms with Crippen molar-refractivity contribution in [2.24, 2.45) is 5.41 Å². The number of hydrogen-bond acceptors (Lipinski definition) is 5. The van der Waals surface area contributed by atoms with E-state index in [1.165, 1.54) is 11.0 Å². The molecule has 1 spiro atoms. The lowest BCUT2D eigenvalue weighted by atomic mass is 9.72. The van der Waals surface area contributed by atoms with Crippen molar-refractivity contribution in [3.05, 3.63) is 76.1 Å². The quantitative estimate of drug-likeness (QED) is 0.570. The van der Waals surface area contributed by atoms with Crippen molar-refractivity contribution in [2.45, 2.75) is 32.3 Å². The average Bonchev–Trinajstić information content (AvgIpc) is 3.23. The zero-order valence-corrected chi connectivity index (χ0v) is 19.4. The van der Waals surface area contributed by atoms with Gasteiger partial charge >= 0.3 is 6.09 Å². The van der Waals surface area contributed by atoms with E-state index in [1.807, 2.05) is 44.2 Å². The molecule has 0 bridgehead atoms. The number of nitrogens with zero attached hydrogens (tertiary/aromatic N) is 3. The fraction of sp³-hybridized carbons (Fsp3) is 0.333. The molecule has 3 aromatic rings. The van der Waals surface area contributed by atoms with Crippen LogP contribution in [0.5, 0.6) is 0 Å². The molecule has 2 aliphatic heterocycles. The molecule has 2 amide bonds. The number of benzene rings is 2. The molecule has 1 saturated heterocycles. The average molecular weight is 484 g/mol. The predicted molar refractivity (Wildman–Crippen MR) is 123 cm³/mol. The number of piperidine rings is 1. The Kier molecular flexibility index (Phi) is 5.31. The molecule has 10 heteroatoms. The third-order valence-electron chi connectivity index (χ3n) is 6.14. The van der Waals surface area contributed by atoms with Gasteiger partial charge in [0.25, 0.3) is 5.91 Å². The van der Waals surface area contributed by atoms with Crippen LogP contribution in [0.25, 0.3) is 0 Å². The van der Waals surface area contributed by atoms with E-state index in [1.54, 1.807) is 6.07 Å². The van der Waals surface area contributed by atoms with Gasteiger partial charge in [-0.25, -0.2) is 9.18 Å². The Labute approximate surface area is 200 Å². The highest BCUT2D eigenvalue weighted by Gasteiger charge is 2.53. The number of fused-ring (bicyclic) bond motifs is 2. The van der Waals surface area contributed by atoms with E-state index >= 15 is 4.39 Å². The van der Waals surface area contributed by atoms with Crippen LogP contribution in [0.15, 0.2) is 42.5 Å². The standard InChI is InChI=1S/C24H23ClFN5O3/c1-23(2)11-24(18-16(27-22(33)34-24)9-8-15(25)19(18)26)13-31(12-23)21(32)20-28-17(29-30-20)10-14-6-4-3-5-7-14/h3-9H,10-13H2,1-2H3,(H,27,33)(H,28,29,30)/t24-/m0/s1. The van der Waals surface area contributed by atoms with E-state index < -0.39 is 28.8 Å². The SMILES string of the molecule is CC1(C)CN(C(=O)c2nnc(Cc3ccccc3)[nH]2)C[C@]2(C1)OC(=O)Nc1ccc(Cl)c(F)c12. The van der Waals surface area contributed by atoms with Crippen LogP contribution in [-0.4, -0.2) is 45.2 Å². The van der Waals surface area contributed by atoms with Gasteiger partial charge in [0, 0.05) is 19.4 Å². The van der Waals surface area contributed by atoms with E-state index in [4.69, 9.17) is 16.3 Å². The van der Waals surface area contributed by atoms with Crippen molar-refractivity contribution in [1.29, 1.82) is 0 Å². The minimum atomic E-state index is -1.39. The summed E-state index contributed by atoms with van der Waals surface area (Å²) in [4.78, 5) is 30.4. The molecule has 0 saturated carbocycles. The van der Waals surface area contributed by atoms with Gasteiger partial charge in [-0.1, -0.05) is 55.8 Å². The Balaban J connectivity index is 1.48. The summed E-state index contributed by atoms with van der Waals surface area (Å²) in [5.41, 5.74) is -0.427. The van der Waals surface area contributed by atoms with Crippen LogP contribution in [0, 0.1) is 11.2 Å². The van der Waals surface area contributed by atoms with Gasteiger partial charge in [0.15, 0.2) is 11.4 Å². The number of rotatable bonds is 3. The van der Waals surface area contributed by atoms with Gasteiger partial charge in [-0.2, -0.15) is 0 Å². The smallest absolute Gasteiger partial charge is 0.412 e. The predicted octanol–water partition coefficient (Wildman–Crippen LogP) is 4.52. The number of halogens is 2. The number of H-pyrrole nitrogens is 1. The van der Waals surface area contributed by atoms with Crippen molar-refractivity contribution >= 4 is 29.3 Å². The largest absolute Gasteiger partial charge is 0.436 e. The van der Waals surface area contributed by atoms with Crippen molar-refractivity contribution in [3.63, 3.8) is 0 Å². The number of nitrogens with one attached hydrogen (secondary N) is 2. The number of carbonyl (C=O) groups excluding carboxylic acids is 2. The minimum absolute atomic E-state index is 0.0400. The van der Waals surface area contributed by atoms with Gasteiger partial charge < -0.3 is 14.6 Å². The molecule has 176 valence electrons. The van der Waals surface area contributed by atoms with Crippen LogP contribution in [0.2, 0.25) is 5.02 Å². The van der Waals surface area contributed by atoms with Crippen LogP contribution in [0.4, 0.5) is 14.9 Å². The molecule has 0 radical (unpaired) electrons. The second kappa shape index (κ2) is 8.09. The number of anilines is 1. The van der Waals surface area contributed by atoms with Crippen molar-refractivity contribution < 1.29 is 18.7 Å². The first-order valence-electron chi connectivity index (χ1n) is 10.9. The van der Waals surface area contributed by atoms with E-state index in [9.17, 15) is 9.59 Å². The lowest BCUT2D eigenvalue weighted by Gasteiger charge is -2.50. The number of aromatic amines is 1. The normalized spacial score (nSPS) is 21.1. The van der Waals surface area contributed by atoms with E-state index in [2.05, 4.69) is 20.5 Å². The van der Waals surface area contributed by atoms with Gasteiger partial charge in [0.1, 0.15) is 5.82 Å². The maximum atomic E-state index is 15.3. The first-order chi connectivity index (χ1) is 16.2. The summed E-state index contributed by atoms with van der Waals surface area (Å²) in [5.74, 6) is -0.450. The topological polar surface area (TPSA) is 100 Å². The fourth-order valence-electron chi connectivity index (χ4n) is 5.02. The molecule has 3 heterocycles. The first kappa shape index (κ1) is 22.3. The molecule has 0 aliphatic carbocycles. The van der Waals surface area contributed by atoms with Crippen LogP contribution >= 0.6 is 11.6 Å². The molecule has 1 atom stereocenters. The Morgan fingerprint density at radius 1 is 1.18 bits per heavy atom. The third-order valence-corrected chi connectivity index (χ3v) is 6.43. The summed E-state index contributed by atoms with van der Waals surface area (Å²) in [5, 5.41) is 10.6. The molecule has 2 aromatic carbocycles. The maximum absolute atomic E-state index is 15.3. The van der Waals surface area contributed by atoms with Gasteiger partial charge in [-0.05, 0) is 23.1 Å². The molecule has 34 heavy (non-hydrogen) atoms. The van der Waals surface area contributed by atoms with Gasteiger partial charge in [0.2, 0.25) is 5.82 Å². The molecule has 1 aromatic heterocycles. The first-order valence-corrected chi connectivity index (χ1v) is 11.3. The van der Waals surface area contributed by atoms with E-state index in [-0.39, 0.29) is 28.6 Å². The molecular formula is C24H23ClFN5O3. The number of ether oxygens (including phenoxy) is 1. The monoisotopic (exact) mass is 483 g/mol. The second-order valence-corrected chi connectivity index (χ2v) is 9.98. The van der Waals surface area contributed by atoms with Crippen LogP contribution in [0.3, 0.4) is 0 Å². The summed E-state index contributed by atoms with van der Waals surface area (Å²) in [6.45, 7) is 4.20. The summed E-state index contributed by atoms with van der Waals surface area (Å²) < 4.78 is 21.0. The highest BCUT2D eigenvalue weighted by atomic mass is 35.5. The number of amides is 2. The molecule has 8 nitrogen and oxygen atoms in total. The molecular weight excluding hydrogens is 461 g/mol. The van der Waals surface area contributed by atoms with Crippen molar-refractivity contribution in [1.82, 2.24) is 20.1 Å². The number of carbonyl (C=O) groups is 2. The second-order valence-electron chi connectivity index (χ2n) is 9.58. The zero-order chi connectivity index (χ0) is 24.1. The summed E-state index contributed by atoms with van der Waals surface area (Å²) in [6, 6.07) is 12.6. The van der Waals surface area contributed by atoms with Crippen LogP contribution in [-0.2, 0) is 16.8 Å². The highest BCUT2D eigenvalue weighted by Crippen LogP contribution is 2.49. The Morgan fingerprint density at radius 2 is 1.94 bits per heavy atom. The maximum Gasteiger partial charge on any atom is 0.412 e. The molecule has 5 rings (SSSR count). The Hall–Kier alpha value is -3.46. The number of hydrogen-bond donors (Lipinski definition) is 2. The van der Waals surface area contributed by atoms with Crippen LogP contribution in [0.1, 0.15) is 47.8 Å². The minimum Gasteiger partial charge on any atom is -0.436 e. The Bertz CT molecular complexity index is 1280. The Morgan fingerprint density at radius 3 is 2.71 bits per heavy atom. The molecule has 2 aliphatic rings. The molecule has 1 fully saturated rings. The summed E-state index contributed by atoms with van der Waals surface area (Å²) >= 11 is 6.07. The van der Waals surface area contributed by atoms with Crippen molar-refractivity contribution in [2.75, 3.05) is 18.4 Å².